The van der Waals surface area contributed by atoms with Crippen LogP contribution in [-0.4, -0.2) is 61.0 Å². The van der Waals surface area contributed by atoms with Gasteiger partial charge in [0.05, 0.1) is 0 Å². The zero-order valence-electron chi connectivity index (χ0n) is 21.2. The monoisotopic (exact) mass is 508 g/mol. The molecule has 1 aromatic carbocycles. The first-order chi connectivity index (χ1) is 17.6. The first kappa shape index (κ1) is 24.6. The maximum Gasteiger partial charge on any atom is 0.418 e. The van der Waals surface area contributed by atoms with Gasteiger partial charge < -0.3 is 31.1 Å². The number of alkyl carbamates (subject to hydrolysis) is 1. The fourth-order valence-electron chi connectivity index (χ4n) is 4.96. The fourth-order valence-corrected chi connectivity index (χ4v) is 4.96. The molecular formula is C25H32N8O4. The average Bonchev–Trinajstić information content (AvgIpc) is 3.42. The van der Waals surface area contributed by atoms with Crippen molar-refractivity contribution in [1.29, 1.82) is 0 Å². The summed E-state index contributed by atoms with van der Waals surface area (Å²) in [6.07, 6.45) is 3.62. The van der Waals surface area contributed by atoms with Gasteiger partial charge in [-0.2, -0.15) is 9.97 Å². The van der Waals surface area contributed by atoms with Crippen molar-refractivity contribution in [3.63, 3.8) is 0 Å². The number of nitrogen functional groups attached to an aromatic ring is 1. The Morgan fingerprint density at radius 3 is 2.57 bits per heavy atom. The lowest BCUT2D eigenvalue weighted by Gasteiger charge is -2.30. The van der Waals surface area contributed by atoms with Crippen LogP contribution in [0.25, 0.3) is 11.2 Å². The molecule has 3 heterocycles. The standard InChI is InChI=1S/C25H32N8O4/c1-25(2,3)37-23(34)29-17-7-5-16(6-8-17)28-22-30-20(19-21(31-22)33(13-27-19)24(35)36)32-11-10-14-12-15(26)4-9-18(14)32/h4,9,12-13,16-17H,5-8,10-11,26H2,1-3H3,(H,29,34)(H,35,36)(H,28,30,31). The Balaban J connectivity index is 1.36. The Bertz CT molecular complexity index is 1340. The van der Waals surface area contributed by atoms with E-state index in [1.165, 1.54) is 6.33 Å². The number of carbonyl (C=O) groups is 2. The van der Waals surface area contributed by atoms with Crippen molar-refractivity contribution in [1.82, 2.24) is 24.8 Å². The molecule has 1 aliphatic carbocycles. The summed E-state index contributed by atoms with van der Waals surface area (Å²) in [7, 11) is 0. The average molecular weight is 509 g/mol. The van der Waals surface area contributed by atoms with Gasteiger partial charge >= 0.3 is 12.2 Å². The largest absolute Gasteiger partial charge is 0.464 e. The van der Waals surface area contributed by atoms with E-state index in [0.29, 0.717) is 29.5 Å². The van der Waals surface area contributed by atoms with Crippen LogP contribution in [0, 0.1) is 0 Å². The zero-order valence-corrected chi connectivity index (χ0v) is 21.2. The third kappa shape index (κ3) is 5.23. The Hall–Kier alpha value is -4.09. The van der Waals surface area contributed by atoms with E-state index in [4.69, 9.17) is 15.5 Å². The van der Waals surface area contributed by atoms with Crippen molar-refractivity contribution < 1.29 is 19.4 Å². The number of carboxylic acid groups (broad SMARTS) is 1. The number of nitrogens with zero attached hydrogens (tertiary/aromatic N) is 5. The molecule has 37 heavy (non-hydrogen) atoms. The summed E-state index contributed by atoms with van der Waals surface area (Å²) < 4.78 is 6.37. The molecule has 3 aromatic rings. The van der Waals surface area contributed by atoms with Crippen molar-refractivity contribution in [3.05, 3.63) is 30.1 Å². The molecular weight excluding hydrogens is 476 g/mol. The summed E-state index contributed by atoms with van der Waals surface area (Å²) in [5.41, 5.74) is 8.85. The molecule has 196 valence electrons. The number of aromatic nitrogens is 4. The summed E-state index contributed by atoms with van der Waals surface area (Å²) in [4.78, 5) is 39.6. The number of rotatable bonds is 4. The second-order valence-electron chi connectivity index (χ2n) is 10.6. The molecule has 0 atom stereocenters. The smallest absolute Gasteiger partial charge is 0.418 e. The molecule has 1 aliphatic heterocycles. The molecule has 1 saturated carbocycles. The lowest BCUT2D eigenvalue weighted by molar-refractivity contribution is 0.0492. The van der Waals surface area contributed by atoms with Crippen LogP contribution in [0.5, 0.6) is 0 Å². The molecule has 5 N–H and O–H groups in total. The van der Waals surface area contributed by atoms with E-state index >= 15 is 0 Å². The molecule has 1 amide bonds. The number of benzene rings is 1. The van der Waals surface area contributed by atoms with E-state index in [9.17, 15) is 14.7 Å². The fraction of sp³-hybridized carbons (Fsp3) is 0.480. The van der Waals surface area contributed by atoms with Gasteiger partial charge in [-0.3, -0.25) is 0 Å². The van der Waals surface area contributed by atoms with Crippen molar-refractivity contribution in [3.8, 4) is 0 Å². The molecule has 2 aliphatic rings. The van der Waals surface area contributed by atoms with Gasteiger partial charge in [-0.25, -0.2) is 19.1 Å². The van der Waals surface area contributed by atoms with E-state index in [1.807, 2.05) is 43.9 Å². The first-order valence-electron chi connectivity index (χ1n) is 12.5. The number of amides is 1. The summed E-state index contributed by atoms with van der Waals surface area (Å²) in [6, 6.07) is 5.86. The molecule has 0 saturated heterocycles. The van der Waals surface area contributed by atoms with Crippen LogP contribution in [0.4, 0.5) is 32.7 Å². The number of hydrogen-bond donors (Lipinski definition) is 4. The highest BCUT2D eigenvalue weighted by Crippen LogP contribution is 2.38. The highest BCUT2D eigenvalue weighted by atomic mass is 16.6. The Morgan fingerprint density at radius 2 is 1.86 bits per heavy atom. The summed E-state index contributed by atoms with van der Waals surface area (Å²) in [5, 5.41) is 16.0. The van der Waals surface area contributed by atoms with Crippen molar-refractivity contribution in [2.24, 2.45) is 0 Å². The van der Waals surface area contributed by atoms with Gasteiger partial charge in [-0.1, -0.05) is 0 Å². The second kappa shape index (κ2) is 9.41. The number of imidazole rings is 1. The molecule has 5 rings (SSSR count). The second-order valence-corrected chi connectivity index (χ2v) is 10.6. The zero-order chi connectivity index (χ0) is 26.3. The topological polar surface area (TPSA) is 161 Å². The highest BCUT2D eigenvalue weighted by molar-refractivity contribution is 5.93. The first-order valence-corrected chi connectivity index (χ1v) is 12.5. The van der Waals surface area contributed by atoms with Crippen LogP contribution in [0.3, 0.4) is 0 Å². The van der Waals surface area contributed by atoms with E-state index in [0.717, 1.165) is 47.9 Å². The quantitative estimate of drug-likeness (QED) is 0.381. The number of hydrogen-bond acceptors (Lipinski definition) is 9. The Morgan fingerprint density at radius 1 is 1.14 bits per heavy atom. The molecule has 0 spiro atoms. The van der Waals surface area contributed by atoms with E-state index < -0.39 is 17.8 Å². The Labute approximate surface area is 214 Å². The van der Waals surface area contributed by atoms with Crippen molar-refractivity contribution in [2.45, 2.75) is 70.6 Å². The SMILES string of the molecule is CC(C)(C)OC(=O)NC1CCC(Nc2nc(N3CCc4cc(N)ccc43)c3ncn(C(=O)O)c3n2)CC1. The Kier molecular flexibility index (Phi) is 6.26. The summed E-state index contributed by atoms with van der Waals surface area (Å²) in [6.45, 7) is 6.19. The molecule has 12 nitrogen and oxygen atoms in total. The van der Waals surface area contributed by atoms with Gasteiger partial charge in [0.15, 0.2) is 17.0 Å². The highest BCUT2D eigenvalue weighted by Gasteiger charge is 2.29. The van der Waals surface area contributed by atoms with E-state index in [-0.39, 0.29) is 17.7 Å². The number of nitrogens with one attached hydrogen (secondary N) is 2. The minimum Gasteiger partial charge on any atom is -0.464 e. The predicted molar refractivity (Wildman–Crippen MR) is 139 cm³/mol. The third-order valence-electron chi connectivity index (χ3n) is 6.62. The molecule has 0 unspecified atom stereocenters. The number of anilines is 4. The van der Waals surface area contributed by atoms with Crippen molar-refractivity contribution >= 4 is 46.5 Å². The molecule has 0 bridgehead atoms. The van der Waals surface area contributed by atoms with Crippen LogP contribution < -0.4 is 21.3 Å². The van der Waals surface area contributed by atoms with Gasteiger partial charge in [0.25, 0.3) is 0 Å². The maximum atomic E-state index is 12.1. The summed E-state index contributed by atoms with van der Waals surface area (Å²) >= 11 is 0. The summed E-state index contributed by atoms with van der Waals surface area (Å²) in [5.74, 6) is 0.897. The van der Waals surface area contributed by atoms with Crippen LogP contribution in [0.2, 0.25) is 0 Å². The lowest BCUT2D eigenvalue weighted by Crippen LogP contribution is -2.42. The molecule has 0 radical (unpaired) electrons. The van der Waals surface area contributed by atoms with Gasteiger partial charge in [0, 0.05) is 30.0 Å². The van der Waals surface area contributed by atoms with Crippen molar-refractivity contribution in [2.75, 3.05) is 22.5 Å². The molecule has 1 fully saturated rings. The normalized spacial score (nSPS) is 19.5. The maximum absolute atomic E-state index is 12.1. The van der Waals surface area contributed by atoms with Gasteiger partial charge in [0.1, 0.15) is 11.9 Å². The number of fused-ring (bicyclic) bond motifs is 2. The number of nitrogens with two attached hydrogens (primary N) is 1. The minimum absolute atomic E-state index is 0.0360. The number of carbonyl (C=O) groups excluding carboxylic acids is 1. The predicted octanol–water partition coefficient (Wildman–Crippen LogP) is 3.88. The van der Waals surface area contributed by atoms with Crippen LogP contribution >= 0.6 is 0 Å². The van der Waals surface area contributed by atoms with E-state index in [1.54, 1.807) is 0 Å². The van der Waals surface area contributed by atoms with E-state index in [2.05, 4.69) is 20.6 Å². The number of ether oxygens (including phenoxy) is 1. The van der Waals surface area contributed by atoms with Gasteiger partial charge in [-0.15, -0.1) is 0 Å². The van der Waals surface area contributed by atoms with Crippen LogP contribution in [0.15, 0.2) is 24.5 Å². The molecule has 12 heteroatoms. The lowest BCUT2D eigenvalue weighted by atomic mass is 9.91. The minimum atomic E-state index is -1.17. The van der Waals surface area contributed by atoms with Crippen LogP contribution in [0.1, 0.15) is 52.0 Å². The van der Waals surface area contributed by atoms with Gasteiger partial charge in [0.2, 0.25) is 5.95 Å². The molecule has 2 aromatic heterocycles. The van der Waals surface area contributed by atoms with Gasteiger partial charge in [-0.05, 0) is 76.6 Å². The van der Waals surface area contributed by atoms with Crippen LogP contribution in [-0.2, 0) is 11.2 Å². The third-order valence-corrected chi connectivity index (χ3v) is 6.62.